The van der Waals surface area contributed by atoms with Gasteiger partial charge in [0.15, 0.2) is 11.5 Å². The van der Waals surface area contributed by atoms with E-state index < -0.39 is 9.73 Å². The smallest absolute Gasteiger partial charge is 0.162 e. The predicted octanol–water partition coefficient (Wildman–Crippen LogP) is 3.14. The van der Waals surface area contributed by atoms with Crippen molar-refractivity contribution in [2.75, 3.05) is 44.2 Å². The van der Waals surface area contributed by atoms with Crippen molar-refractivity contribution in [2.24, 2.45) is 5.92 Å². The maximum atomic E-state index is 11.7. The van der Waals surface area contributed by atoms with Crippen LogP contribution < -0.4 is 14.4 Å². The van der Waals surface area contributed by atoms with E-state index in [2.05, 4.69) is 9.88 Å². The van der Waals surface area contributed by atoms with Crippen molar-refractivity contribution in [3.63, 3.8) is 0 Å². The van der Waals surface area contributed by atoms with Gasteiger partial charge in [0.05, 0.1) is 19.7 Å². The Labute approximate surface area is 149 Å². The molecule has 1 unspecified atom stereocenters. The molecule has 0 radical (unpaired) electrons. The molecule has 1 aromatic heterocycles. The van der Waals surface area contributed by atoms with E-state index in [1.54, 1.807) is 14.2 Å². The number of nitrogens with one attached hydrogen (secondary N) is 1. The van der Waals surface area contributed by atoms with E-state index in [0.717, 1.165) is 42.5 Å². The van der Waals surface area contributed by atoms with Crippen LogP contribution in [0.2, 0.25) is 0 Å². The van der Waals surface area contributed by atoms with Crippen LogP contribution in [0.4, 0.5) is 5.69 Å². The van der Waals surface area contributed by atoms with Crippen molar-refractivity contribution in [2.45, 2.75) is 12.8 Å². The summed E-state index contributed by atoms with van der Waals surface area (Å²) in [5.74, 6) is 2.24. The zero-order valence-corrected chi connectivity index (χ0v) is 15.8. The van der Waals surface area contributed by atoms with Gasteiger partial charge in [-0.05, 0) is 30.9 Å². The summed E-state index contributed by atoms with van der Waals surface area (Å²) < 4.78 is 30.2. The molecule has 25 heavy (non-hydrogen) atoms. The van der Waals surface area contributed by atoms with Crippen molar-refractivity contribution in [1.29, 1.82) is 4.78 Å². The highest BCUT2D eigenvalue weighted by atomic mass is 32.2. The lowest BCUT2D eigenvalue weighted by molar-refractivity contribution is 0.356. The average Bonchev–Trinajstić information content (AvgIpc) is 2.59. The molecule has 1 atom stereocenters. The van der Waals surface area contributed by atoms with Gasteiger partial charge in [-0.3, -0.25) is 14.0 Å². The van der Waals surface area contributed by atoms with E-state index in [9.17, 15) is 4.21 Å². The number of piperidine rings is 1. The van der Waals surface area contributed by atoms with Crippen LogP contribution in [0.25, 0.3) is 10.9 Å². The van der Waals surface area contributed by atoms with Gasteiger partial charge in [-0.15, -0.1) is 0 Å². The van der Waals surface area contributed by atoms with Gasteiger partial charge in [0.2, 0.25) is 0 Å². The van der Waals surface area contributed by atoms with E-state index >= 15 is 0 Å². The summed E-state index contributed by atoms with van der Waals surface area (Å²) in [6, 6.07) is 5.91. The number of anilines is 1. The fourth-order valence-electron chi connectivity index (χ4n) is 3.52. The molecule has 0 aliphatic carbocycles. The number of nitrogens with zero attached hydrogens (tertiary/aromatic N) is 2. The Hall–Kier alpha value is -2.02. The van der Waals surface area contributed by atoms with Crippen molar-refractivity contribution in [1.82, 2.24) is 4.98 Å². The third-order valence-corrected chi connectivity index (χ3v) is 5.84. The van der Waals surface area contributed by atoms with Crippen LogP contribution >= 0.6 is 0 Å². The largest absolute Gasteiger partial charge is 0.493 e. The van der Waals surface area contributed by atoms with E-state index in [1.165, 1.54) is 6.26 Å². The minimum atomic E-state index is -2.42. The number of methoxy groups -OCH3 is 2. The molecule has 1 aliphatic heterocycles. The van der Waals surface area contributed by atoms with E-state index in [1.807, 2.05) is 24.4 Å². The Kier molecular flexibility index (Phi) is 5.03. The summed E-state index contributed by atoms with van der Waals surface area (Å²) in [5.41, 5.74) is 2.01. The van der Waals surface area contributed by atoms with E-state index in [4.69, 9.17) is 14.3 Å². The van der Waals surface area contributed by atoms with Gasteiger partial charge in [-0.1, -0.05) is 0 Å². The van der Waals surface area contributed by atoms with Crippen molar-refractivity contribution in [3.05, 3.63) is 24.4 Å². The lowest BCUT2D eigenvalue weighted by Crippen LogP contribution is -2.35. The minimum Gasteiger partial charge on any atom is -0.493 e. The number of aromatic nitrogens is 1. The molecule has 7 heteroatoms. The molecule has 6 nitrogen and oxygen atoms in total. The highest BCUT2D eigenvalue weighted by molar-refractivity contribution is 7.91. The Balaban J connectivity index is 1.87. The lowest BCUT2D eigenvalue weighted by Gasteiger charge is -2.34. The fourth-order valence-corrected chi connectivity index (χ4v) is 4.76. The van der Waals surface area contributed by atoms with E-state index in [-0.39, 0.29) is 0 Å². The van der Waals surface area contributed by atoms with Gasteiger partial charge in [-0.25, -0.2) is 0 Å². The second-order valence-corrected chi connectivity index (χ2v) is 9.00. The van der Waals surface area contributed by atoms with Crippen molar-refractivity contribution in [3.8, 4) is 11.5 Å². The molecule has 2 heterocycles. The molecule has 1 saturated heterocycles. The highest BCUT2D eigenvalue weighted by Crippen LogP contribution is 2.36. The molecule has 0 spiro atoms. The number of benzene rings is 1. The second kappa shape index (κ2) is 7.07. The Morgan fingerprint density at radius 2 is 1.88 bits per heavy atom. The van der Waals surface area contributed by atoms with Crippen LogP contribution in [-0.4, -0.2) is 48.5 Å². The molecule has 1 fully saturated rings. The number of hydrogen-bond donors (Lipinski definition) is 1. The number of ether oxygens (including phenoxy) is 2. The maximum absolute atomic E-state index is 11.7. The van der Waals surface area contributed by atoms with Gasteiger partial charge >= 0.3 is 0 Å². The van der Waals surface area contributed by atoms with Gasteiger partial charge in [-0.2, -0.15) is 0 Å². The van der Waals surface area contributed by atoms with Gasteiger partial charge in [0, 0.05) is 58.2 Å². The summed E-state index contributed by atoms with van der Waals surface area (Å²) in [5, 5.41) is 1.04. The Morgan fingerprint density at radius 1 is 1.24 bits per heavy atom. The van der Waals surface area contributed by atoms with Crippen LogP contribution in [0.15, 0.2) is 24.4 Å². The normalized spacial score (nSPS) is 18.1. The zero-order chi connectivity index (χ0) is 18.0. The number of rotatable bonds is 5. The fraction of sp³-hybridized carbons (Fsp3) is 0.500. The third-order valence-electron chi connectivity index (χ3n) is 4.73. The molecule has 1 aromatic carbocycles. The molecule has 0 saturated carbocycles. The number of fused-ring (bicyclic) bond motifs is 1. The van der Waals surface area contributed by atoms with E-state index in [0.29, 0.717) is 23.2 Å². The molecule has 0 bridgehead atoms. The summed E-state index contributed by atoms with van der Waals surface area (Å²) in [4.78, 5) is 6.80. The maximum Gasteiger partial charge on any atom is 0.162 e. The summed E-state index contributed by atoms with van der Waals surface area (Å²) >= 11 is 0. The summed E-state index contributed by atoms with van der Waals surface area (Å²) in [6.45, 7) is 1.79. The van der Waals surface area contributed by atoms with Crippen molar-refractivity contribution < 1.29 is 13.7 Å². The zero-order valence-electron chi connectivity index (χ0n) is 14.9. The molecule has 1 aliphatic rings. The first-order valence-corrected chi connectivity index (χ1v) is 10.5. The van der Waals surface area contributed by atoms with Gasteiger partial charge in [0.1, 0.15) is 0 Å². The number of hydrogen-bond acceptors (Lipinski definition) is 6. The third kappa shape index (κ3) is 3.98. The first-order chi connectivity index (χ1) is 11.9. The lowest BCUT2D eigenvalue weighted by atomic mass is 9.98. The molecule has 3 rings (SSSR count). The first-order valence-electron chi connectivity index (χ1n) is 8.38. The number of pyridine rings is 1. The second-order valence-electron chi connectivity index (χ2n) is 6.66. The topological polar surface area (TPSA) is 75.5 Å². The van der Waals surface area contributed by atoms with Crippen molar-refractivity contribution >= 4 is 26.3 Å². The molecule has 2 aromatic rings. The summed E-state index contributed by atoms with van der Waals surface area (Å²) in [6.07, 6.45) is 5.27. The Morgan fingerprint density at radius 3 is 2.48 bits per heavy atom. The molecule has 1 N–H and O–H groups in total. The van der Waals surface area contributed by atoms with Crippen LogP contribution in [0.5, 0.6) is 11.5 Å². The Bertz CT molecular complexity index is 859. The van der Waals surface area contributed by atoms with Crippen LogP contribution in [-0.2, 0) is 9.73 Å². The van der Waals surface area contributed by atoms with Crippen LogP contribution in [0, 0.1) is 10.7 Å². The molecule has 0 amide bonds. The predicted molar refractivity (Wildman–Crippen MR) is 101 cm³/mol. The minimum absolute atomic E-state index is 0.369. The average molecular weight is 363 g/mol. The summed E-state index contributed by atoms with van der Waals surface area (Å²) in [7, 11) is 0.838. The first kappa shape index (κ1) is 17.8. The van der Waals surface area contributed by atoms with Gasteiger partial charge in [0.25, 0.3) is 0 Å². The SMILES string of the molecule is COc1cc2nccc(N3CCC(CS(C)(=N)=O)CC3)c2cc1OC. The standard InChI is InChI=1S/C18H25N3O3S/c1-23-17-10-14-15(11-18(17)24-2)20-7-4-16(14)21-8-5-13(6-9-21)12-25(3,19)22/h4,7,10-11,13,19H,5-6,8-9,12H2,1-3H3. The highest BCUT2D eigenvalue weighted by Gasteiger charge is 2.23. The molecular formula is C18H25N3O3S. The molecular weight excluding hydrogens is 338 g/mol. The van der Waals surface area contributed by atoms with Gasteiger partial charge < -0.3 is 14.4 Å². The van der Waals surface area contributed by atoms with Crippen LogP contribution in [0.3, 0.4) is 0 Å². The molecule has 136 valence electrons. The van der Waals surface area contributed by atoms with Crippen LogP contribution in [0.1, 0.15) is 12.8 Å². The monoisotopic (exact) mass is 363 g/mol. The quantitative estimate of drug-likeness (QED) is 0.883.